The number of carbonyl (C=O) groups excluding carboxylic acids is 2. The van der Waals surface area contributed by atoms with Crippen molar-refractivity contribution in [3.05, 3.63) is 82.3 Å². The van der Waals surface area contributed by atoms with Gasteiger partial charge in [-0.25, -0.2) is 8.42 Å². The third kappa shape index (κ3) is 8.08. The molecule has 0 fully saturated rings. The normalized spacial score (nSPS) is 11.9. The summed E-state index contributed by atoms with van der Waals surface area (Å²) in [5.41, 5.74) is 0.821. The Morgan fingerprint density at radius 2 is 1.62 bits per heavy atom. The average molecular weight is 637 g/mol. The largest absolute Gasteiger partial charge is 0.493 e. The maximum Gasteiger partial charge on any atom is 0.264 e. The number of sulfonamides is 1. The number of rotatable bonds is 14. The molecule has 0 bridgehead atoms. The lowest BCUT2D eigenvalue weighted by Gasteiger charge is -2.32. The molecule has 0 heterocycles. The van der Waals surface area contributed by atoms with Gasteiger partial charge in [0.25, 0.3) is 10.0 Å². The Hall–Kier alpha value is -3.47. The summed E-state index contributed by atoms with van der Waals surface area (Å²) in [4.78, 5) is 28.3. The third-order valence-corrected chi connectivity index (χ3v) is 9.02. The van der Waals surface area contributed by atoms with E-state index < -0.39 is 28.5 Å². The van der Waals surface area contributed by atoms with Crippen molar-refractivity contribution >= 4 is 50.7 Å². The molecule has 0 radical (unpaired) electrons. The second-order valence-electron chi connectivity index (χ2n) is 9.44. The highest BCUT2D eigenvalue weighted by Gasteiger charge is 2.33. The molecule has 3 rings (SSSR count). The van der Waals surface area contributed by atoms with Crippen LogP contribution in [0.1, 0.15) is 32.3 Å². The Morgan fingerprint density at radius 3 is 2.24 bits per heavy atom. The highest BCUT2D eigenvalue weighted by molar-refractivity contribution is 7.92. The molecule has 2 amide bonds. The lowest BCUT2D eigenvalue weighted by Crippen LogP contribution is -2.51. The van der Waals surface area contributed by atoms with Gasteiger partial charge in [-0.05, 0) is 61.4 Å². The monoisotopic (exact) mass is 635 g/mol. The molecule has 0 saturated heterocycles. The lowest BCUT2D eigenvalue weighted by atomic mass is 10.1. The molecule has 1 atom stereocenters. The summed E-state index contributed by atoms with van der Waals surface area (Å²) in [5, 5.41) is 3.66. The van der Waals surface area contributed by atoms with E-state index in [0.29, 0.717) is 27.9 Å². The summed E-state index contributed by atoms with van der Waals surface area (Å²) < 4.78 is 39.7. The second-order valence-corrected chi connectivity index (χ2v) is 12.1. The number of nitrogens with one attached hydrogen (secondary N) is 1. The van der Waals surface area contributed by atoms with Crippen molar-refractivity contribution in [3.63, 3.8) is 0 Å². The van der Waals surface area contributed by atoms with Gasteiger partial charge in [0, 0.05) is 29.2 Å². The first-order valence-corrected chi connectivity index (χ1v) is 15.5. The molecule has 9 nitrogen and oxygen atoms in total. The summed E-state index contributed by atoms with van der Waals surface area (Å²) in [6.45, 7) is 3.46. The summed E-state index contributed by atoms with van der Waals surface area (Å²) in [5.74, 6) is -0.408. The zero-order chi connectivity index (χ0) is 30.9. The summed E-state index contributed by atoms with van der Waals surface area (Å²) in [6.07, 6.45) is 1.67. The molecular formula is C30H35Cl2N3O6S. The molecule has 226 valence electrons. The molecule has 0 aliphatic rings. The van der Waals surface area contributed by atoms with Crippen LogP contribution in [0.4, 0.5) is 5.69 Å². The van der Waals surface area contributed by atoms with Crippen LogP contribution in [0.5, 0.6) is 11.5 Å². The van der Waals surface area contributed by atoms with Crippen molar-refractivity contribution in [2.24, 2.45) is 0 Å². The van der Waals surface area contributed by atoms with E-state index in [1.165, 1.54) is 61.6 Å². The van der Waals surface area contributed by atoms with E-state index in [-0.39, 0.29) is 28.8 Å². The Morgan fingerprint density at radius 1 is 0.952 bits per heavy atom. The number of benzene rings is 3. The first kappa shape index (κ1) is 33.0. The number of amides is 2. The van der Waals surface area contributed by atoms with E-state index >= 15 is 0 Å². The fourth-order valence-corrected chi connectivity index (χ4v) is 5.92. The van der Waals surface area contributed by atoms with Crippen LogP contribution in [0.25, 0.3) is 0 Å². The molecule has 3 aromatic rings. The van der Waals surface area contributed by atoms with Gasteiger partial charge in [0.1, 0.15) is 12.6 Å². The quantitative estimate of drug-likeness (QED) is 0.233. The van der Waals surface area contributed by atoms with Gasteiger partial charge in [0.2, 0.25) is 11.8 Å². The number of methoxy groups -OCH3 is 2. The van der Waals surface area contributed by atoms with Gasteiger partial charge >= 0.3 is 0 Å². The van der Waals surface area contributed by atoms with Crippen LogP contribution in [0.2, 0.25) is 10.0 Å². The molecule has 0 saturated carbocycles. The van der Waals surface area contributed by atoms with Gasteiger partial charge in [0.15, 0.2) is 11.5 Å². The van der Waals surface area contributed by atoms with Crippen molar-refractivity contribution in [1.82, 2.24) is 10.2 Å². The van der Waals surface area contributed by atoms with Gasteiger partial charge in [-0.3, -0.25) is 13.9 Å². The average Bonchev–Trinajstić information content (AvgIpc) is 2.99. The van der Waals surface area contributed by atoms with Gasteiger partial charge in [0.05, 0.1) is 24.8 Å². The molecule has 1 N–H and O–H groups in total. The lowest BCUT2D eigenvalue weighted by molar-refractivity contribution is -0.139. The number of halogens is 2. The van der Waals surface area contributed by atoms with Gasteiger partial charge in [-0.1, -0.05) is 54.7 Å². The van der Waals surface area contributed by atoms with E-state index in [0.717, 1.165) is 17.1 Å². The van der Waals surface area contributed by atoms with Crippen molar-refractivity contribution in [3.8, 4) is 11.5 Å². The number of ether oxygens (including phenoxy) is 2. The molecule has 0 aliphatic carbocycles. The first-order chi connectivity index (χ1) is 20.0. The SMILES string of the molecule is CCCCNC(=O)[C@H](C)N(Cc1ccccc1Cl)C(=O)CN(c1ccc(Cl)cc1)S(=O)(=O)c1ccc(OC)c(OC)c1. The Labute approximate surface area is 257 Å². The number of carbonyl (C=O) groups is 2. The Kier molecular flexibility index (Phi) is 11.9. The Bertz CT molecular complexity index is 1480. The molecule has 0 aromatic heterocycles. The first-order valence-electron chi connectivity index (χ1n) is 13.3. The summed E-state index contributed by atoms with van der Waals surface area (Å²) in [7, 11) is -1.48. The number of nitrogens with zero attached hydrogens (tertiary/aromatic N) is 2. The topological polar surface area (TPSA) is 105 Å². The summed E-state index contributed by atoms with van der Waals surface area (Å²) in [6, 6.07) is 16.3. The smallest absolute Gasteiger partial charge is 0.264 e. The van der Waals surface area contributed by atoms with Gasteiger partial charge < -0.3 is 19.7 Å². The van der Waals surface area contributed by atoms with Crippen molar-refractivity contribution in [1.29, 1.82) is 0 Å². The van der Waals surface area contributed by atoms with E-state index in [1.54, 1.807) is 31.2 Å². The maximum absolute atomic E-state index is 14.1. The van der Waals surface area contributed by atoms with Crippen LogP contribution in [0.3, 0.4) is 0 Å². The maximum atomic E-state index is 14.1. The van der Waals surface area contributed by atoms with E-state index in [9.17, 15) is 18.0 Å². The zero-order valence-corrected chi connectivity index (χ0v) is 26.3. The van der Waals surface area contributed by atoms with E-state index in [1.807, 2.05) is 6.92 Å². The molecule has 0 spiro atoms. The minimum Gasteiger partial charge on any atom is -0.493 e. The number of unbranched alkanes of at least 4 members (excludes halogenated alkanes) is 1. The highest BCUT2D eigenvalue weighted by Crippen LogP contribution is 2.33. The van der Waals surface area contributed by atoms with Crippen LogP contribution in [-0.2, 0) is 26.2 Å². The fourth-order valence-electron chi connectivity index (χ4n) is 4.17. The van der Waals surface area contributed by atoms with Crippen molar-refractivity contribution in [2.45, 2.75) is 44.2 Å². The number of anilines is 1. The second kappa shape index (κ2) is 15.1. The van der Waals surface area contributed by atoms with E-state index in [2.05, 4.69) is 5.32 Å². The van der Waals surface area contributed by atoms with Crippen molar-refractivity contribution in [2.75, 3.05) is 31.6 Å². The molecular weight excluding hydrogens is 601 g/mol. The number of hydrogen-bond donors (Lipinski definition) is 1. The van der Waals surface area contributed by atoms with Gasteiger partial charge in [-0.2, -0.15) is 0 Å². The van der Waals surface area contributed by atoms with Gasteiger partial charge in [-0.15, -0.1) is 0 Å². The molecule has 42 heavy (non-hydrogen) atoms. The minimum absolute atomic E-state index is 0.00820. The molecule has 3 aromatic carbocycles. The minimum atomic E-state index is -4.32. The van der Waals surface area contributed by atoms with Crippen molar-refractivity contribution < 1.29 is 27.5 Å². The fraction of sp³-hybridized carbons (Fsp3) is 0.333. The molecule has 0 unspecified atom stereocenters. The van der Waals surface area contributed by atoms with E-state index in [4.69, 9.17) is 32.7 Å². The van der Waals surface area contributed by atoms with Crippen LogP contribution < -0.4 is 19.1 Å². The van der Waals surface area contributed by atoms with Crippen LogP contribution >= 0.6 is 23.2 Å². The predicted molar refractivity (Wildman–Crippen MR) is 165 cm³/mol. The standard InChI is InChI=1S/C30H35Cl2N3O6S/c1-5-6-17-33-30(37)21(2)34(19-22-9-7-8-10-26(22)32)29(36)20-35(24-13-11-23(31)12-14-24)42(38,39)25-15-16-27(40-3)28(18-25)41-4/h7-16,18,21H,5-6,17,19-20H2,1-4H3,(H,33,37)/t21-/m0/s1. The third-order valence-electron chi connectivity index (χ3n) is 6.63. The summed E-state index contributed by atoms with van der Waals surface area (Å²) >= 11 is 12.5. The molecule has 12 heteroatoms. The molecule has 0 aliphatic heterocycles. The predicted octanol–water partition coefficient (Wildman–Crippen LogP) is 5.54. The highest BCUT2D eigenvalue weighted by atomic mass is 35.5. The Balaban J connectivity index is 2.05. The van der Waals surface area contributed by atoms with Crippen LogP contribution in [-0.4, -0.2) is 58.5 Å². The van der Waals surface area contributed by atoms with Crippen LogP contribution in [0, 0.1) is 0 Å². The zero-order valence-electron chi connectivity index (χ0n) is 24.0. The number of hydrogen-bond acceptors (Lipinski definition) is 6. The van der Waals surface area contributed by atoms with Crippen LogP contribution in [0.15, 0.2) is 71.6 Å².